The Bertz CT molecular complexity index is 1030. The SMILES string of the molecule is COc1ccc(N2CC[NH+](Cn3nc(C)n(-c4ccccc4C)c3=S)CC2)cc1. The molecular weight excluding hydrogens is 382 g/mol. The smallest absolute Gasteiger partial charge is 0.207 e. The number of nitrogens with one attached hydrogen (secondary N) is 1. The molecule has 2 aromatic carbocycles. The Balaban J connectivity index is 1.44. The Labute approximate surface area is 176 Å². The number of aryl methyl sites for hydroxylation is 2. The quantitative estimate of drug-likeness (QED) is 0.656. The van der Waals surface area contributed by atoms with E-state index < -0.39 is 0 Å². The van der Waals surface area contributed by atoms with Crippen LogP contribution in [0.4, 0.5) is 5.69 Å². The van der Waals surface area contributed by atoms with Crippen molar-refractivity contribution in [2.75, 3.05) is 38.2 Å². The summed E-state index contributed by atoms with van der Waals surface area (Å²) in [5.74, 6) is 1.83. The molecule has 0 radical (unpaired) electrons. The molecule has 2 heterocycles. The minimum atomic E-state index is 0.766. The van der Waals surface area contributed by atoms with Gasteiger partial charge in [-0.25, -0.2) is 0 Å². The highest BCUT2D eigenvalue weighted by Gasteiger charge is 2.22. The van der Waals surface area contributed by atoms with Crippen LogP contribution in [0.25, 0.3) is 5.69 Å². The van der Waals surface area contributed by atoms with Crippen LogP contribution in [0.2, 0.25) is 0 Å². The Morgan fingerprint density at radius 1 is 1.03 bits per heavy atom. The molecule has 4 rings (SSSR count). The molecule has 1 N–H and O–H groups in total. The zero-order valence-corrected chi connectivity index (χ0v) is 18.1. The molecule has 0 saturated carbocycles. The second-order valence-electron chi connectivity index (χ2n) is 7.54. The number of rotatable bonds is 5. The fourth-order valence-electron chi connectivity index (χ4n) is 3.95. The number of benzene rings is 2. The first-order valence-electron chi connectivity index (χ1n) is 10.0. The van der Waals surface area contributed by atoms with Gasteiger partial charge < -0.3 is 14.5 Å². The summed E-state index contributed by atoms with van der Waals surface area (Å²) in [6.07, 6.45) is 0. The van der Waals surface area contributed by atoms with E-state index in [4.69, 9.17) is 22.1 Å². The highest BCUT2D eigenvalue weighted by molar-refractivity contribution is 7.71. The third-order valence-electron chi connectivity index (χ3n) is 5.64. The summed E-state index contributed by atoms with van der Waals surface area (Å²) in [4.78, 5) is 3.93. The lowest BCUT2D eigenvalue weighted by atomic mass is 10.2. The number of aromatic nitrogens is 3. The predicted octanol–water partition coefficient (Wildman–Crippen LogP) is 2.39. The van der Waals surface area contributed by atoms with Crippen LogP contribution in [-0.4, -0.2) is 47.6 Å². The summed E-state index contributed by atoms with van der Waals surface area (Å²) in [5.41, 5.74) is 3.56. The summed E-state index contributed by atoms with van der Waals surface area (Å²) >= 11 is 5.77. The van der Waals surface area contributed by atoms with Gasteiger partial charge >= 0.3 is 0 Å². The van der Waals surface area contributed by atoms with Crippen molar-refractivity contribution in [2.45, 2.75) is 20.5 Å². The maximum absolute atomic E-state index is 5.77. The molecule has 0 unspecified atom stereocenters. The van der Waals surface area contributed by atoms with Gasteiger partial charge in [-0.1, -0.05) is 18.2 Å². The first-order chi connectivity index (χ1) is 14.1. The van der Waals surface area contributed by atoms with Crippen molar-refractivity contribution in [3.05, 3.63) is 64.7 Å². The number of methoxy groups -OCH3 is 1. The molecule has 0 bridgehead atoms. The number of hydrogen-bond donors (Lipinski definition) is 1. The normalized spacial score (nSPS) is 14.9. The molecule has 1 saturated heterocycles. The summed E-state index contributed by atoms with van der Waals surface area (Å²) in [7, 11) is 1.70. The number of piperazine rings is 1. The lowest BCUT2D eigenvalue weighted by molar-refractivity contribution is -0.924. The molecule has 1 aliphatic heterocycles. The van der Waals surface area contributed by atoms with E-state index >= 15 is 0 Å². The van der Waals surface area contributed by atoms with Crippen LogP contribution in [0, 0.1) is 18.6 Å². The molecule has 0 aliphatic carbocycles. The Morgan fingerprint density at radius 3 is 2.38 bits per heavy atom. The average molecular weight is 411 g/mol. The molecular formula is C22H28N5OS+. The monoisotopic (exact) mass is 410 g/mol. The number of para-hydroxylation sites is 1. The molecule has 29 heavy (non-hydrogen) atoms. The maximum Gasteiger partial charge on any atom is 0.207 e. The molecule has 6 nitrogen and oxygen atoms in total. The summed E-state index contributed by atoms with van der Waals surface area (Å²) in [6.45, 7) is 9.09. The third-order valence-corrected chi connectivity index (χ3v) is 6.03. The van der Waals surface area contributed by atoms with E-state index in [0.29, 0.717) is 0 Å². The number of nitrogens with zero attached hydrogens (tertiary/aromatic N) is 4. The minimum Gasteiger partial charge on any atom is -0.497 e. The summed E-state index contributed by atoms with van der Waals surface area (Å²) < 4.78 is 10.1. The Morgan fingerprint density at radius 2 is 1.72 bits per heavy atom. The number of ether oxygens (including phenoxy) is 1. The van der Waals surface area contributed by atoms with Gasteiger partial charge in [-0.05, 0) is 62.0 Å². The van der Waals surface area contributed by atoms with E-state index in [1.807, 2.05) is 29.8 Å². The van der Waals surface area contributed by atoms with Gasteiger partial charge in [0.05, 0.1) is 39.0 Å². The van der Waals surface area contributed by atoms with Crippen molar-refractivity contribution < 1.29 is 9.64 Å². The number of anilines is 1. The highest BCUT2D eigenvalue weighted by atomic mass is 32.1. The van der Waals surface area contributed by atoms with Crippen LogP contribution in [0.1, 0.15) is 11.4 Å². The molecule has 0 atom stereocenters. The molecule has 1 aliphatic rings. The van der Waals surface area contributed by atoms with Crippen LogP contribution in [0.3, 0.4) is 0 Å². The molecule has 152 valence electrons. The second-order valence-corrected chi connectivity index (χ2v) is 7.91. The highest BCUT2D eigenvalue weighted by Crippen LogP contribution is 2.19. The van der Waals surface area contributed by atoms with Gasteiger partial charge in [-0.15, -0.1) is 0 Å². The van der Waals surface area contributed by atoms with Crippen LogP contribution < -0.4 is 14.5 Å². The van der Waals surface area contributed by atoms with Crippen molar-refractivity contribution in [2.24, 2.45) is 0 Å². The Kier molecular flexibility index (Phi) is 5.69. The van der Waals surface area contributed by atoms with Gasteiger partial charge in [0.2, 0.25) is 4.77 Å². The van der Waals surface area contributed by atoms with Gasteiger partial charge in [0.1, 0.15) is 11.6 Å². The van der Waals surface area contributed by atoms with E-state index in [1.165, 1.54) is 16.2 Å². The van der Waals surface area contributed by atoms with Crippen molar-refractivity contribution in [1.82, 2.24) is 14.3 Å². The lowest BCUT2D eigenvalue weighted by Gasteiger charge is -2.33. The standard InChI is InChI=1S/C22H27N5OS/c1-17-6-4-5-7-21(17)27-18(2)23-26(22(27)29)16-24-12-14-25(15-13-24)19-8-10-20(28-3)11-9-19/h4-11H,12-16H2,1-3H3/p+1. The molecule has 3 aromatic rings. The van der Waals surface area contributed by atoms with Crippen LogP contribution in [0.5, 0.6) is 5.75 Å². The Hall–Kier alpha value is -2.64. The van der Waals surface area contributed by atoms with E-state index in [-0.39, 0.29) is 0 Å². The minimum absolute atomic E-state index is 0.766. The molecule has 7 heteroatoms. The van der Waals surface area contributed by atoms with Gasteiger partial charge in [0.25, 0.3) is 0 Å². The van der Waals surface area contributed by atoms with E-state index in [2.05, 4.69) is 46.7 Å². The average Bonchev–Trinajstić information content (AvgIpc) is 3.02. The largest absolute Gasteiger partial charge is 0.497 e. The molecule has 1 fully saturated rings. The first-order valence-corrected chi connectivity index (χ1v) is 10.4. The third kappa shape index (κ3) is 4.06. The first kappa shape index (κ1) is 19.7. The fraction of sp³-hybridized carbons (Fsp3) is 0.364. The summed E-state index contributed by atoms with van der Waals surface area (Å²) in [5, 5.41) is 4.75. The van der Waals surface area contributed by atoms with Crippen LogP contribution in [0.15, 0.2) is 48.5 Å². The zero-order chi connectivity index (χ0) is 20.4. The number of quaternary nitrogens is 1. The maximum atomic E-state index is 5.77. The van der Waals surface area contributed by atoms with Gasteiger partial charge in [0, 0.05) is 5.69 Å². The van der Waals surface area contributed by atoms with Gasteiger partial charge in [-0.2, -0.15) is 9.78 Å². The van der Waals surface area contributed by atoms with Crippen LogP contribution in [-0.2, 0) is 6.67 Å². The van der Waals surface area contributed by atoms with Crippen LogP contribution >= 0.6 is 12.2 Å². The van der Waals surface area contributed by atoms with E-state index in [0.717, 1.165) is 54.9 Å². The predicted molar refractivity (Wildman–Crippen MR) is 118 cm³/mol. The second kappa shape index (κ2) is 8.39. The summed E-state index contributed by atoms with van der Waals surface area (Å²) in [6, 6.07) is 16.6. The van der Waals surface area contributed by atoms with Crippen molar-refractivity contribution in [1.29, 1.82) is 0 Å². The molecule has 0 spiro atoms. The zero-order valence-electron chi connectivity index (χ0n) is 17.3. The lowest BCUT2D eigenvalue weighted by Crippen LogP contribution is -3.14. The number of hydrogen-bond acceptors (Lipinski definition) is 4. The van der Waals surface area contributed by atoms with Crippen molar-refractivity contribution in [3.63, 3.8) is 0 Å². The molecule has 1 aromatic heterocycles. The van der Waals surface area contributed by atoms with Crippen molar-refractivity contribution >= 4 is 17.9 Å². The van der Waals surface area contributed by atoms with E-state index in [9.17, 15) is 0 Å². The topological polar surface area (TPSA) is 39.7 Å². The van der Waals surface area contributed by atoms with E-state index in [1.54, 1.807) is 7.11 Å². The van der Waals surface area contributed by atoms with Gasteiger partial charge in [0.15, 0.2) is 6.67 Å². The van der Waals surface area contributed by atoms with Crippen molar-refractivity contribution in [3.8, 4) is 11.4 Å². The van der Waals surface area contributed by atoms with Gasteiger partial charge in [-0.3, -0.25) is 4.57 Å². The fourth-order valence-corrected chi connectivity index (χ4v) is 4.29. The molecule has 0 amide bonds.